The zero-order chi connectivity index (χ0) is 22.3. The van der Waals surface area contributed by atoms with Gasteiger partial charge in [0.2, 0.25) is 0 Å². The number of nitrogens with one attached hydrogen (secondary N) is 2. The van der Waals surface area contributed by atoms with Gasteiger partial charge in [0.1, 0.15) is 11.5 Å². The van der Waals surface area contributed by atoms with Gasteiger partial charge in [0, 0.05) is 11.4 Å². The summed E-state index contributed by atoms with van der Waals surface area (Å²) in [6, 6.07) is 20.0. The molecule has 0 atom stereocenters. The van der Waals surface area contributed by atoms with Crippen LogP contribution in [0.1, 0.15) is 12.5 Å². The quantitative estimate of drug-likeness (QED) is 0.520. The molecule has 0 radical (unpaired) electrons. The SMILES string of the molecule is CCOc1ccc(NC(=O)COc2ccc(S(=O)(=O)Nc3cccc(C)c3)cc2)cc1. The fourth-order valence-corrected chi connectivity index (χ4v) is 3.83. The monoisotopic (exact) mass is 440 g/mol. The predicted octanol–water partition coefficient (Wildman–Crippen LogP) is 4.21. The molecule has 0 bridgehead atoms. The second-order valence-electron chi connectivity index (χ2n) is 6.74. The lowest BCUT2D eigenvalue weighted by molar-refractivity contribution is -0.118. The van der Waals surface area contributed by atoms with E-state index < -0.39 is 10.0 Å². The Hall–Kier alpha value is -3.52. The van der Waals surface area contributed by atoms with Crippen LogP contribution in [0.3, 0.4) is 0 Å². The van der Waals surface area contributed by atoms with E-state index >= 15 is 0 Å². The average Bonchev–Trinajstić information content (AvgIpc) is 2.74. The van der Waals surface area contributed by atoms with Crippen LogP contribution in [0.25, 0.3) is 0 Å². The molecular weight excluding hydrogens is 416 g/mol. The number of hydrogen-bond donors (Lipinski definition) is 2. The second kappa shape index (κ2) is 9.99. The number of carbonyl (C=O) groups excluding carboxylic acids is 1. The number of ether oxygens (including phenoxy) is 2. The van der Waals surface area contributed by atoms with Crippen LogP contribution in [-0.4, -0.2) is 27.5 Å². The number of amides is 1. The first-order chi connectivity index (χ1) is 14.9. The van der Waals surface area contributed by atoms with Crippen LogP contribution in [0, 0.1) is 6.92 Å². The predicted molar refractivity (Wildman–Crippen MR) is 120 cm³/mol. The standard InChI is InChI=1S/C23H24N2O5S/c1-3-29-20-9-7-18(8-10-20)24-23(26)16-30-21-11-13-22(14-12-21)31(27,28)25-19-6-4-5-17(2)15-19/h4-15,25H,3,16H2,1-2H3,(H,24,26). The summed E-state index contributed by atoms with van der Waals surface area (Å²) < 4.78 is 38.4. The highest BCUT2D eigenvalue weighted by Gasteiger charge is 2.14. The van der Waals surface area contributed by atoms with E-state index in [1.54, 1.807) is 42.5 Å². The lowest BCUT2D eigenvalue weighted by Gasteiger charge is -2.10. The first-order valence-electron chi connectivity index (χ1n) is 9.71. The van der Waals surface area contributed by atoms with Crippen LogP contribution in [0.15, 0.2) is 77.7 Å². The van der Waals surface area contributed by atoms with E-state index in [0.717, 1.165) is 11.3 Å². The molecule has 31 heavy (non-hydrogen) atoms. The maximum atomic E-state index is 12.5. The maximum absolute atomic E-state index is 12.5. The van der Waals surface area contributed by atoms with E-state index in [-0.39, 0.29) is 17.4 Å². The van der Waals surface area contributed by atoms with Crippen molar-refractivity contribution in [1.29, 1.82) is 0 Å². The third kappa shape index (κ3) is 6.48. The third-order valence-corrected chi connectivity index (χ3v) is 5.62. The number of aryl methyl sites for hydroxylation is 1. The van der Waals surface area contributed by atoms with Crippen molar-refractivity contribution in [1.82, 2.24) is 0 Å². The molecule has 3 aromatic rings. The molecule has 1 amide bonds. The van der Waals surface area contributed by atoms with Crippen LogP contribution < -0.4 is 19.5 Å². The van der Waals surface area contributed by atoms with Crippen LogP contribution in [-0.2, 0) is 14.8 Å². The zero-order valence-electron chi connectivity index (χ0n) is 17.3. The fraction of sp³-hybridized carbons (Fsp3) is 0.174. The van der Waals surface area contributed by atoms with E-state index in [4.69, 9.17) is 9.47 Å². The molecule has 0 saturated heterocycles. The van der Waals surface area contributed by atoms with Crippen LogP contribution in [0.5, 0.6) is 11.5 Å². The van der Waals surface area contributed by atoms with Crippen molar-refractivity contribution in [3.05, 3.63) is 78.4 Å². The molecular formula is C23H24N2O5S. The lowest BCUT2D eigenvalue weighted by Crippen LogP contribution is -2.20. The van der Waals surface area contributed by atoms with Gasteiger partial charge in [0.05, 0.1) is 11.5 Å². The number of hydrogen-bond acceptors (Lipinski definition) is 5. The van der Waals surface area contributed by atoms with Gasteiger partial charge in [-0.2, -0.15) is 0 Å². The Morgan fingerprint density at radius 2 is 1.52 bits per heavy atom. The molecule has 8 heteroatoms. The topological polar surface area (TPSA) is 93.7 Å². The van der Waals surface area contributed by atoms with Gasteiger partial charge in [-0.05, 0) is 80.1 Å². The van der Waals surface area contributed by atoms with Gasteiger partial charge in [-0.15, -0.1) is 0 Å². The average molecular weight is 441 g/mol. The molecule has 0 aliphatic carbocycles. The molecule has 0 saturated carbocycles. The summed E-state index contributed by atoms with van der Waals surface area (Å²) in [4.78, 5) is 12.2. The van der Waals surface area contributed by atoms with Gasteiger partial charge in [0.25, 0.3) is 15.9 Å². The fourth-order valence-electron chi connectivity index (χ4n) is 2.78. The summed E-state index contributed by atoms with van der Waals surface area (Å²) in [6.45, 7) is 4.15. The Bertz CT molecular complexity index is 1130. The normalized spacial score (nSPS) is 10.9. The van der Waals surface area contributed by atoms with Gasteiger partial charge in [-0.1, -0.05) is 12.1 Å². The Morgan fingerprint density at radius 1 is 0.871 bits per heavy atom. The molecule has 3 aromatic carbocycles. The Balaban J connectivity index is 1.54. The molecule has 0 aliphatic heterocycles. The van der Waals surface area contributed by atoms with Gasteiger partial charge in [-0.25, -0.2) is 8.42 Å². The zero-order valence-corrected chi connectivity index (χ0v) is 18.1. The van der Waals surface area contributed by atoms with E-state index in [1.807, 2.05) is 19.9 Å². The molecule has 0 aromatic heterocycles. The summed E-state index contributed by atoms with van der Waals surface area (Å²) in [5, 5.41) is 2.72. The third-order valence-electron chi connectivity index (χ3n) is 4.22. The highest BCUT2D eigenvalue weighted by atomic mass is 32.2. The van der Waals surface area contributed by atoms with Crippen LogP contribution in [0.4, 0.5) is 11.4 Å². The highest BCUT2D eigenvalue weighted by Crippen LogP contribution is 2.20. The van der Waals surface area contributed by atoms with Crippen molar-refractivity contribution < 1.29 is 22.7 Å². The molecule has 3 rings (SSSR count). The molecule has 162 valence electrons. The van der Waals surface area contributed by atoms with E-state index in [0.29, 0.717) is 23.7 Å². The van der Waals surface area contributed by atoms with E-state index in [9.17, 15) is 13.2 Å². The van der Waals surface area contributed by atoms with Crippen LogP contribution in [0.2, 0.25) is 0 Å². The minimum atomic E-state index is -3.72. The molecule has 7 nitrogen and oxygen atoms in total. The summed E-state index contributed by atoms with van der Waals surface area (Å²) in [7, 11) is -3.72. The molecule has 2 N–H and O–H groups in total. The van der Waals surface area contributed by atoms with Crippen molar-refractivity contribution in [2.75, 3.05) is 23.3 Å². The van der Waals surface area contributed by atoms with E-state index in [1.165, 1.54) is 24.3 Å². The van der Waals surface area contributed by atoms with Gasteiger partial charge < -0.3 is 14.8 Å². The first kappa shape index (κ1) is 22.2. The number of benzene rings is 3. The smallest absolute Gasteiger partial charge is 0.262 e. The number of rotatable bonds is 9. The minimum absolute atomic E-state index is 0.0974. The molecule has 0 heterocycles. The number of sulfonamides is 1. The first-order valence-corrected chi connectivity index (χ1v) is 11.2. The molecule has 0 fully saturated rings. The van der Waals surface area contributed by atoms with Crippen molar-refractivity contribution in [2.45, 2.75) is 18.7 Å². The summed E-state index contributed by atoms with van der Waals surface area (Å²) >= 11 is 0. The second-order valence-corrected chi connectivity index (χ2v) is 8.42. The summed E-state index contributed by atoms with van der Waals surface area (Å²) in [5.74, 6) is 0.780. The molecule has 0 unspecified atom stereocenters. The Morgan fingerprint density at radius 3 is 2.16 bits per heavy atom. The van der Waals surface area contributed by atoms with Gasteiger partial charge >= 0.3 is 0 Å². The molecule has 0 spiro atoms. The van der Waals surface area contributed by atoms with Crippen molar-refractivity contribution in [3.8, 4) is 11.5 Å². The lowest BCUT2D eigenvalue weighted by atomic mass is 10.2. The van der Waals surface area contributed by atoms with Gasteiger partial charge in [-0.3, -0.25) is 9.52 Å². The van der Waals surface area contributed by atoms with Gasteiger partial charge in [0.15, 0.2) is 6.61 Å². The van der Waals surface area contributed by atoms with Crippen molar-refractivity contribution in [2.24, 2.45) is 0 Å². The largest absolute Gasteiger partial charge is 0.494 e. The molecule has 0 aliphatic rings. The highest BCUT2D eigenvalue weighted by molar-refractivity contribution is 7.92. The van der Waals surface area contributed by atoms with Crippen LogP contribution >= 0.6 is 0 Å². The number of anilines is 2. The van der Waals surface area contributed by atoms with Crippen molar-refractivity contribution >= 4 is 27.3 Å². The Labute approximate surface area is 182 Å². The number of carbonyl (C=O) groups is 1. The van der Waals surface area contributed by atoms with Crippen molar-refractivity contribution in [3.63, 3.8) is 0 Å². The maximum Gasteiger partial charge on any atom is 0.262 e. The summed E-state index contributed by atoms with van der Waals surface area (Å²) in [6.07, 6.45) is 0. The summed E-state index contributed by atoms with van der Waals surface area (Å²) in [5.41, 5.74) is 2.07. The van der Waals surface area contributed by atoms with E-state index in [2.05, 4.69) is 10.0 Å². The Kier molecular flexibility index (Phi) is 7.15. The minimum Gasteiger partial charge on any atom is -0.494 e.